The molecule has 2 rings (SSSR count). The molecule has 0 bridgehead atoms. The Morgan fingerprint density at radius 1 is 1.15 bits per heavy atom. The van der Waals surface area contributed by atoms with Gasteiger partial charge in [0.2, 0.25) is 5.91 Å². The summed E-state index contributed by atoms with van der Waals surface area (Å²) in [7, 11) is 0. The lowest BCUT2D eigenvalue weighted by Gasteiger charge is -2.31. The number of nitrogens with two attached hydrogens (primary N) is 1. The van der Waals surface area contributed by atoms with Crippen LogP contribution in [0.25, 0.3) is 0 Å². The maximum Gasteiger partial charge on any atom is 0.338 e. The zero-order chi connectivity index (χ0) is 20.2. The number of carbonyl (C=O) groups excluding carboxylic acids is 2. The molecule has 0 aliphatic carbocycles. The normalized spacial score (nSPS) is 13.0. The number of nitrogens with zero attached hydrogens (tertiary/aromatic N) is 1. The molecule has 0 spiro atoms. The summed E-state index contributed by atoms with van der Waals surface area (Å²) >= 11 is 0. The third-order valence-electron chi connectivity index (χ3n) is 4.67. The van der Waals surface area contributed by atoms with Gasteiger partial charge in [-0.15, -0.1) is 0 Å². The van der Waals surface area contributed by atoms with Crippen LogP contribution in [0, 0.1) is 5.92 Å². The van der Waals surface area contributed by atoms with Crippen molar-refractivity contribution in [1.82, 2.24) is 10.3 Å². The molecule has 7 nitrogen and oxygen atoms in total. The predicted octanol–water partition coefficient (Wildman–Crippen LogP) is 2.00. The average molecular weight is 369 g/mol. The van der Waals surface area contributed by atoms with Gasteiger partial charge in [0, 0.05) is 12.1 Å². The highest BCUT2D eigenvalue weighted by Crippen LogP contribution is 2.18. The minimum Gasteiger partial charge on any atom is -0.478 e. The first kappa shape index (κ1) is 20.1. The minimum atomic E-state index is -1.33. The molecule has 0 saturated carbocycles. The lowest BCUT2D eigenvalue weighted by atomic mass is 9.87. The van der Waals surface area contributed by atoms with Crippen molar-refractivity contribution in [3.8, 4) is 0 Å². The summed E-state index contributed by atoms with van der Waals surface area (Å²) in [5.41, 5.74) is 5.14. The number of hydrogen-bond acceptors (Lipinski definition) is 4. The van der Waals surface area contributed by atoms with Crippen LogP contribution in [0.2, 0.25) is 0 Å². The van der Waals surface area contributed by atoms with Gasteiger partial charge in [0.1, 0.15) is 11.2 Å². The first-order valence-electron chi connectivity index (χ1n) is 8.54. The Kier molecular flexibility index (Phi) is 5.95. The van der Waals surface area contributed by atoms with Crippen molar-refractivity contribution >= 4 is 17.8 Å². The second-order valence-corrected chi connectivity index (χ2v) is 6.84. The third-order valence-corrected chi connectivity index (χ3v) is 4.67. The molecule has 1 aromatic heterocycles. The van der Waals surface area contributed by atoms with Crippen LogP contribution in [0.1, 0.15) is 52.9 Å². The summed E-state index contributed by atoms with van der Waals surface area (Å²) in [4.78, 5) is 40.3. The fourth-order valence-corrected chi connectivity index (χ4v) is 2.53. The number of primary amides is 1. The zero-order valence-electron chi connectivity index (χ0n) is 15.5. The standard InChI is InChI=1S/C20H23N3O4/c1-12(2)20(3,19(21)27)23-17(24)16-15(18(25)26)10-9-14(22-16)11-13-7-5-4-6-8-13/h4-10,12H,11H2,1-3H3,(H2,21,27)(H,23,24)(H,25,26). The van der Waals surface area contributed by atoms with Gasteiger partial charge in [0.15, 0.2) is 0 Å². The van der Waals surface area contributed by atoms with Crippen LogP contribution in [-0.2, 0) is 11.2 Å². The molecule has 0 saturated heterocycles. The van der Waals surface area contributed by atoms with Crippen LogP contribution in [0.15, 0.2) is 42.5 Å². The van der Waals surface area contributed by atoms with E-state index in [2.05, 4.69) is 10.3 Å². The number of benzene rings is 1. The van der Waals surface area contributed by atoms with Crippen molar-refractivity contribution in [1.29, 1.82) is 0 Å². The van der Waals surface area contributed by atoms with Gasteiger partial charge in [-0.25, -0.2) is 9.78 Å². The minimum absolute atomic E-state index is 0.236. The number of carbonyl (C=O) groups is 3. The monoisotopic (exact) mass is 369 g/mol. The first-order valence-corrected chi connectivity index (χ1v) is 8.54. The molecule has 0 aliphatic rings. The molecule has 0 fully saturated rings. The lowest BCUT2D eigenvalue weighted by Crippen LogP contribution is -2.59. The van der Waals surface area contributed by atoms with Gasteiger partial charge in [-0.05, 0) is 30.5 Å². The van der Waals surface area contributed by atoms with Crippen molar-refractivity contribution in [2.75, 3.05) is 0 Å². The Hall–Kier alpha value is -3.22. The van der Waals surface area contributed by atoms with Gasteiger partial charge < -0.3 is 16.2 Å². The molecule has 2 amide bonds. The highest BCUT2D eigenvalue weighted by molar-refractivity contribution is 6.05. The number of aromatic carboxylic acids is 1. The molecule has 0 aliphatic heterocycles. The summed E-state index contributed by atoms with van der Waals surface area (Å²) in [6, 6.07) is 12.4. The summed E-state index contributed by atoms with van der Waals surface area (Å²) in [6.45, 7) is 4.98. The molecular formula is C20H23N3O4. The number of amides is 2. The molecule has 27 heavy (non-hydrogen) atoms. The van der Waals surface area contributed by atoms with E-state index in [4.69, 9.17) is 5.73 Å². The Bertz CT molecular complexity index is 865. The second kappa shape index (κ2) is 7.99. The topological polar surface area (TPSA) is 122 Å². The van der Waals surface area contributed by atoms with Crippen LogP contribution in [0.4, 0.5) is 0 Å². The van der Waals surface area contributed by atoms with Crippen LogP contribution in [0.3, 0.4) is 0 Å². The van der Waals surface area contributed by atoms with E-state index >= 15 is 0 Å². The molecule has 2 aromatic rings. The van der Waals surface area contributed by atoms with Crippen LogP contribution >= 0.6 is 0 Å². The molecule has 1 unspecified atom stereocenters. The summed E-state index contributed by atoms with van der Waals surface area (Å²) in [5.74, 6) is -3.02. The molecule has 4 N–H and O–H groups in total. The number of hydrogen-bond donors (Lipinski definition) is 3. The lowest BCUT2D eigenvalue weighted by molar-refractivity contribution is -0.125. The second-order valence-electron chi connectivity index (χ2n) is 6.84. The largest absolute Gasteiger partial charge is 0.478 e. The van der Waals surface area contributed by atoms with Gasteiger partial charge in [-0.1, -0.05) is 44.2 Å². The molecular weight excluding hydrogens is 346 g/mol. The van der Waals surface area contributed by atoms with E-state index in [0.717, 1.165) is 5.56 Å². The van der Waals surface area contributed by atoms with Crippen LogP contribution in [0.5, 0.6) is 0 Å². The summed E-state index contributed by atoms with van der Waals surface area (Å²) in [5, 5.41) is 12.0. The number of aromatic nitrogens is 1. The van der Waals surface area contributed by atoms with Crippen molar-refractivity contribution < 1.29 is 19.5 Å². The van der Waals surface area contributed by atoms with E-state index < -0.39 is 23.3 Å². The fourth-order valence-electron chi connectivity index (χ4n) is 2.53. The average Bonchev–Trinajstić information content (AvgIpc) is 2.61. The van der Waals surface area contributed by atoms with Gasteiger partial charge in [-0.3, -0.25) is 9.59 Å². The summed E-state index contributed by atoms with van der Waals surface area (Å²) in [6.07, 6.45) is 0.443. The van der Waals surface area contributed by atoms with Crippen molar-refractivity contribution in [3.63, 3.8) is 0 Å². The number of carboxylic acids is 1. The first-order chi connectivity index (χ1) is 12.6. The molecule has 7 heteroatoms. The van der Waals surface area contributed by atoms with Crippen molar-refractivity contribution in [2.45, 2.75) is 32.7 Å². The molecule has 1 heterocycles. The molecule has 1 aromatic carbocycles. The smallest absolute Gasteiger partial charge is 0.338 e. The predicted molar refractivity (Wildman–Crippen MR) is 100 cm³/mol. The number of rotatable bonds is 7. The van der Waals surface area contributed by atoms with E-state index in [0.29, 0.717) is 12.1 Å². The fraction of sp³-hybridized carbons (Fsp3) is 0.300. The van der Waals surface area contributed by atoms with E-state index in [1.165, 1.54) is 13.0 Å². The maximum absolute atomic E-state index is 12.8. The summed E-state index contributed by atoms with van der Waals surface area (Å²) < 4.78 is 0. The Morgan fingerprint density at radius 3 is 2.30 bits per heavy atom. The van der Waals surface area contributed by atoms with Crippen LogP contribution in [-0.4, -0.2) is 33.4 Å². The van der Waals surface area contributed by atoms with E-state index in [1.54, 1.807) is 19.9 Å². The van der Waals surface area contributed by atoms with Gasteiger partial charge in [-0.2, -0.15) is 0 Å². The highest BCUT2D eigenvalue weighted by atomic mass is 16.4. The molecule has 0 radical (unpaired) electrons. The van der Waals surface area contributed by atoms with Crippen molar-refractivity contribution in [3.05, 3.63) is 65.0 Å². The Balaban J connectivity index is 2.40. The SMILES string of the molecule is CC(C)C(C)(NC(=O)c1nc(Cc2ccccc2)ccc1C(=O)O)C(N)=O. The van der Waals surface area contributed by atoms with Gasteiger partial charge in [0.25, 0.3) is 5.91 Å². The Labute approximate surface area is 157 Å². The van der Waals surface area contributed by atoms with E-state index in [1.807, 2.05) is 30.3 Å². The number of carboxylic acid groups (broad SMARTS) is 1. The Morgan fingerprint density at radius 2 is 1.78 bits per heavy atom. The molecule has 142 valence electrons. The van der Waals surface area contributed by atoms with Gasteiger partial charge >= 0.3 is 5.97 Å². The quantitative estimate of drug-likeness (QED) is 0.689. The zero-order valence-corrected chi connectivity index (χ0v) is 15.5. The highest BCUT2D eigenvalue weighted by Gasteiger charge is 2.37. The van der Waals surface area contributed by atoms with Gasteiger partial charge in [0.05, 0.1) is 5.56 Å². The number of pyridine rings is 1. The van der Waals surface area contributed by atoms with Crippen LogP contribution < -0.4 is 11.1 Å². The van der Waals surface area contributed by atoms with E-state index in [9.17, 15) is 19.5 Å². The van der Waals surface area contributed by atoms with Crippen molar-refractivity contribution in [2.24, 2.45) is 11.7 Å². The van der Waals surface area contributed by atoms with E-state index in [-0.39, 0.29) is 17.2 Å². The number of nitrogens with one attached hydrogen (secondary N) is 1. The third kappa shape index (κ3) is 4.49. The molecule has 1 atom stereocenters. The maximum atomic E-state index is 12.8.